The van der Waals surface area contributed by atoms with Gasteiger partial charge in [0.15, 0.2) is 11.0 Å². The molecular formula is C25H28ClN5O2S. The summed E-state index contributed by atoms with van der Waals surface area (Å²) in [7, 11) is 1.87. The maximum atomic E-state index is 12.7. The lowest BCUT2D eigenvalue weighted by atomic mass is 10.2. The lowest BCUT2D eigenvalue weighted by Gasteiger charge is -2.34. The van der Waals surface area contributed by atoms with Gasteiger partial charge in [0.2, 0.25) is 5.91 Å². The van der Waals surface area contributed by atoms with E-state index in [0.717, 1.165) is 32.7 Å². The van der Waals surface area contributed by atoms with E-state index in [-0.39, 0.29) is 12.5 Å². The number of nitrogens with zero attached hydrogens (tertiary/aromatic N) is 5. The van der Waals surface area contributed by atoms with Crippen molar-refractivity contribution in [3.8, 4) is 5.75 Å². The number of carbonyl (C=O) groups excluding carboxylic acids is 1. The topological polar surface area (TPSA) is 63.5 Å². The van der Waals surface area contributed by atoms with Crippen LogP contribution >= 0.6 is 23.4 Å². The highest BCUT2D eigenvalue weighted by Crippen LogP contribution is 2.24. The normalized spacial score (nSPS) is 14.6. The first-order chi connectivity index (χ1) is 16.6. The molecule has 2 aromatic carbocycles. The lowest BCUT2D eigenvalue weighted by Crippen LogP contribution is -2.49. The molecule has 0 saturated carbocycles. The minimum Gasteiger partial charge on any atom is -0.484 e. The van der Waals surface area contributed by atoms with Gasteiger partial charge in [0, 0.05) is 39.8 Å². The van der Waals surface area contributed by atoms with Crippen LogP contribution in [0, 0.1) is 0 Å². The third-order valence-corrected chi connectivity index (χ3v) is 6.96. The second kappa shape index (κ2) is 12.1. The Morgan fingerprint density at radius 3 is 2.56 bits per heavy atom. The molecule has 34 heavy (non-hydrogen) atoms. The highest BCUT2D eigenvalue weighted by atomic mass is 35.5. The van der Waals surface area contributed by atoms with Crippen molar-refractivity contribution in [1.29, 1.82) is 0 Å². The van der Waals surface area contributed by atoms with Crippen LogP contribution in [0.1, 0.15) is 11.4 Å². The predicted molar refractivity (Wildman–Crippen MR) is 136 cm³/mol. The van der Waals surface area contributed by atoms with Gasteiger partial charge in [0.05, 0.1) is 10.8 Å². The molecule has 1 saturated heterocycles. The van der Waals surface area contributed by atoms with Crippen molar-refractivity contribution in [2.45, 2.75) is 11.8 Å². The molecule has 0 atom stereocenters. The number of hydrogen-bond acceptors (Lipinski definition) is 6. The van der Waals surface area contributed by atoms with E-state index in [1.807, 2.05) is 52.9 Å². The number of carbonyl (C=O) groups is 1. The summed E-state index contributed by atoms with van der Waals surface area (Å²) in [4.78, 5) is 17.0. The van der Waals surface area contributed by atoms with Crippen LogP contribution in [-0.2, 0) is 18.4 Å². The molecule has 2 heterocycles. The molecule has 1 amide bonds. The van der Waals surface area contributed by atoms with E-state index in [9.17, 15) is 4.79 Å². The van der Waals surface area contributed by atoms with Gasteiger partial charge < -0.3 is 14.2 Å². The van der Waals surface area contributed by atoms with E-state index in [1.165, 1.54) is 17.3 Å². The number of hydrogen-bond donors (Lipinski definition) is 0. The Morgan fingerprint density at radius 2 is 1.79 bits per heavy atom. The zero-order chi connectivity index (χ0) is 23.8. The summed E-state index contributed by atoms with van der Waals surface area (Å²) < 4.78 is 7.60. The Kier molecular flexibility index (Phi) is 8.62. The van der Waals surface area contributed by atoms with Gasteiger partial charge in [0.25, 0.3) is 0 Å². The molecule has 4 rings (SSSR count). The molecule has 0 N–H and O–H groups in total. The molecule has 0 spiro atoms. The number of halogens is 1. The monoisotopic (exact) mass is 497 g/mol. The van der Waals surface area contributed by atoms with Gasteiger partial charge in [0.1, 0.15) is 12.4 Å². The first-order valence-electron chi connectivity index (χ1n) is 11.2. The first-order valence-corrected chi connectivity index (χ1v) is 12.6. The molecule has 7 nitrogen and oxygen atoms in total. The number of para-hydroxylation sites is 1. The van der Waals surface area contributed by atoms with Gasteiger partial charge in [-0.15, -0.1) is 10.2 Å². The van der Waals surface area contributed by atoms with Gasteiger partial charge in [-0.1, -0.05) is 78.0 Å². The van der Waals surface area contributed by atoms with Crippen LogP contribution in [0.15, 0.2) is 65.8 Å². The van der Waals surface area contributed by atoms with Crippen molar-refractivity contribution < 1.29 is 9.53 Å². The smallest absolute Gasteiger partial charge is 0.233 e. The van der Waals surface area contributed by atoms with Crippen molar-refractivity contribution in [2.75, 3.05) is 38.5 Å². The average Bonchev–Trinajstić information content (AvgIpc) is 3.22. The fourth-order valence-corrected chi connectivity index (χ4v) is 4.62. The zero-order valence-corrected chi connectivity index (χ0v) is 20.7. The van der Waals surface area contributed by atoms with E-state index in [4.69, 9.17) is 16.3 Å². The molecule has 1 aliphatic rings. The second-order valence-corrected chi connectivity index (χ2v) is 9.31. The third-order valence-electron chi connectivity index (χ3n) is 5.64. The quantitative estimate of drug-likeness (QED) is 0.416. The maximum absolute atomic E-state index is 12.7. The number of ether oxygens (including phenoxy) is 1. The standard InChI is InChI=1S/C25H28ClN5O2S/c1-29-23(18-33-22-12-6-5-11-21(22)26)27-28-25(29)34-19-24(32)31-16-14-30(15-17-31)13-7-10-20-8-3-2-4-9-20/h2-12H,13-19H2,1H3/b10-7+. The van der Waals surface area contributed by atoms with E-state index < -0.39 is 0 Å². The minimum absolute atomic E-state index is 0.126. The molecule has 0 aliphatic carbocycles. The molecule has 1 fully saturated rings. The number of benzene rings is 2. The Hall–Kier alpha value is -2.81. The van der Waals surface area contributed by atoms with Crippen molar-refractivity contribution in [3.63, 3.8) is 0 Å². The van der Waals surface area contributed by atoms with Gasteiger partial charge in [-0.3, -0.25) is 9.69 Å². The zero-order valence-electron chi connectivity index (χ0n) is 19.1. The van der Waals surface area contributed by atoms with Crippen LogP contribution in [0.25, 0.3) is 6.08 Å². The summed E-state index contributed by atoms with van der Waals surface area (Å²) >= 11 is 7.53. The average molecular weight is 498 g/mol. The molecule has 0 bridgehead atoms. The second-order valence-electron chi connectivity index (χ2n) is 7.96. The number of piperazine rings is 1. The summed E-state index contributed by atoms with van der Waals surface area (Å²) in [5.41, 5.74) is 1.20. The van der Waals surface area contributed by atoms with Crippen LogP contribution in [0.4, 0.5) is 0 Å². The maximum Gasteiger partial charge on any atom is 0.233 e. The van der Waals surface area contributed by atoms with Crippen LogP contribution in [-0.4, -0.2) is 68.9 Å². The fourth-order valence-electron chi connectivity index (χ4n) is 3.60. The van der Waals surface area contributed by atoms with E-state index in [2.05, 4.69) is 39.4 Å². The highest BCUT2D eigenvalue weighted by molar-refractivity contribution is 7.99. The van der Waals surface area contributed by atoms with Crippen LogP contribution < -0.4 is 4.74 Å². The molecular weight excluding hydrogens is 470 g/mol. The van der Waals surface area contributed by atoms with Crippen LogP contribution in [0.5, 0.6) is 5.75 Å². The Bertz CT molecular complexity index is 1110. The number of aromatic nitrogens is 3. The minimum atomic E-state index is 0.126. The number of thioether (sulfide) groups is 1. The van der Waals surface area contributed by atoms with Crippen molar-refractivity contribution in [2.24, 2.45) is 7.05 Å². The molecule has 178 valence electrons. The Labute approximate surface area is 209 Å². The van der Waals surface area contributed by atoms with E-state index in [0.29, 0.717) is 27.5 Å². The molecule has 3 aromatic rings. The summed E-state index contributed by atoms with van der Waals surface area (Å²) in [6, 6.07) is 17.6. The summed E-state index contributed by atoms with van der Waals surface area (Å²) in [5, 5.41) is 9.66. The van der Waals surface area contributed by atoms with E-state index in [1.54, 1.807) is 6.07 Å². The van der Waals surface area contributed by atoms with Crippen LogP contribution in [0.3, 0.4) is 0 Å². The third kappa shape index (κ3) is 6.62. The van der Waals surface area contributed by atoms with Crippen molar-refractivity contribution >= 4 is 35.3 Å². The van der Waals surface area contributed by atoms with Gasteiger partial charge in [-0.25, -0.2) is 0 Å². The van der Waals surface area contributed by atoms with Gasteiger partial charge >= 0.3 is 0 Å². The molecule has 0 unspecified atom stereocenters. The molecule has 9 heteroatoms. The van der Waals surface area contributed by atoms with E-state index >= 15 is 0 Å². The first kappa shape index (κ1) is 24.3. The molecule has 0 radical (unpaired) electrons. The van der Waals surface area contributed by atoms with Crippen LogP contribution in [0.2, 0.25) is 5.02 Å². The summed E-state index contributed by atoms with van der Waals surface area (Å²) in [6.45, 7) is 4.39. The molecule has 1 aliphatic heterocycles. The number of rotatable bonds is 9. The fraction of sp³-hybridized carbons (Fsp3) is 0.320. The lowest BCUT2D eigenvalue weighted by molar-refractivity contribution is -0.130. The number of amides is 1. The summed E-state index contributed by atoms with van der Waals surface area (Å²) in [6.07, 6.45) is 4.33. The van der Waals surface area contributed by atoms with Gasteiger partial charge in [-0.2, -0.15) is 0 Å². The Balaban J connectivity index is 1.19. The largest absolute Gasteiger partial charge is 0.484 e. The highest BCUT2D eigenvalue weighted by Gasteiger charge is 2.21. The van der Waals surface area contributed by atoms with Crippen molar-refractivity contribution in [3.05, 3.63) is 77.1 Å². The molecule has 1 aromatic heterocycles. The van der Waals surface area contributed by atoms with Gasteiger partial charge in [-0.05, 0) is 17.7 Å². The van der Waals surface area contributed by atoms with Crippen molar-refractivity contribution in [1.82, 2.24) is 24.6 Å². The summed E-state index contributed by atoms with van der Waals surface area (Å²) in [5.74, 6) is 1.74. The predicted octanol–water partition coefficient (Wildman–Crippen LogP) is 4.00. The Morgan fingerprint density at radius 1 is 1.06 bits per heavy atom. The SMILES string of the molecule is Cn1c(COc2ccccc2Cl)nnc1SCC(=O)N1CCN(C/C=C/c2ccccc2)CC1.